The Bertz CT molecular complexity index is 496. The number of benzene rings is 1. The highest BCUT2D eigenvalue weighted by atomic mass is 14.9. The first-order valence-electron chi connectivity index (χ1n) is 6.69. The molecule has 0 bridgehead atoms. The van der Waals surface area contributed by atoms with Crippen molar-refractivity contribution in [3.05, 3.63) is 59.9 Å². The predicted molar refractivity (Wildman–Crippen MR) is 80.0 cm³/mol. The van der Waals surface area contributed by atoms with E-state index < -0.39 is 0 Å². The first-order valence-corrected chi connectivity index (χ1v) is 6.69. The van der Waals surface area contributed by atoms with E-state index in [9.17, 15) is 0 Å². The smallest absolute Gasteiger partial charge is 0.0378 e. The Kier molecular flexibility index (Phi) is 4.93. The number of rotatable bonds is 6. The molecule has 2 aromatic rings. The third-order valence-corrected chi connectivity index (χ3v) is 3.44. The maximum absolute atomic E-state index is 5.96. The summed E-state index contributed by atoms with van der Waals surface area (Å²) in [5, 5.41) is 3.36. The largest absolute Gasteiger partial charge is 0.398 e. The molecular formula is C16H21N3. The van der Waals surface area contributed by atoms with Crippen LogP contribution in [0, 0.1) is 0 Å². The molecule has 1 aromatic carbocycles. The van der Waals surface area contributed by atoms with E-state index in [-0.39, 0.29) is 0 Å². The highest BCUT2D eigenvalue weighted by Crippen LogP contribution is 2.14. The number of pyridine rings is 1. The van der Waals surface area contributed by atoms with E-state index in [0.717, 1.165) is 30.5 Å². The lowest BCUT2D eigenvalue weighted by Gasteiger charge is -2.17. The fraction of sp³-hybridized carbons (Fsp3) is 0.312. The number of nitrogens with one attached hydrogen (secondary N) is 1. The second kappa shape index (κ2) is 6.90. The lowest BCUT2D eigenvalue weighted by atomic mass is 9.99. The summed E-state index contributed by atoms with van der Waals surface area (Å²) in [5.41, 5.74) is 9.29. The van der Waals surface area contributed by atoms with E-state index in [0.29, 0.717) is 6.04 Å². The third kappa shape index (κ3) is 4.07. The van der Waals surface area contributed by atoms with Crippen LogP contribution in [-0.4, -0.2) is 18.1 Å². The number of hydrogen-bond acceptors (Lipinski definition) is 3. The fourth-order valence-electron chi connectivity index (χ4n) is 2.21. The Hall–Kier alpha value is -1.87. The molecule has 0 saturated carbocycles. The summed E-state index contributed by atoms with van der Waals surface area (Å²) in [6.07, 6.45) is 6.68. The number of aromatic nitrogens is 1. The van der Waals surface area contributed by atoms with Crippen molar-refractivity contribution in [3.8, 4) is 0 Å². The van der Waals surface area contributed by atoms with E-state index in [1.807, 2.05) is 19.3 Å². The fourth-order valence-corrected chi connectivity index (χ4v) is 2.21. The van der Waals surface area contributed by atoms with Crippen molar-refractivity contribution >= 4 is 5.69 Å². The molecule has 0 fully saturated rings. The van der Waals surface area contributed by atoms with Crippen molar-refractivity contribution in [2.24, 2.45) is 0 Å². The summed E-state index contributed by atoms with van der Waals surface area (Å²) in [5.74, 6) is 0. The molecule has 1 heterocycles. The van der Waals surface area contributed by atoms with Gasteiger partial charge in [0.1, 0.15) is 0 Å². The Morgan fingerprint density at radius 3 is 2.68 bits per heavy atom. The summed E-state index contributed by atoms with van der Waals surface area (Å²) in [6.45, 7) is 0. The van der Waals surface area contributed by atoms with Gasteiger partial charge in [-0.15, -0.1) is 0 Å². The van der Waals surface area contributed by atoms with Gasteiger partial charge in [0, 0.05) is 24.1 Å². The minimum Gasteiger partial charge on any atom is -0.398 e. The van der Waals surface area contributed by atoms with Gasteiger partial charge in [0.05, 0.1) is 0 Å². The van der Waals surface area contributed by atoms with Crippen LogP contribution in [0.1, 0.15) is 17.5 Å². The van der Waals surface area contributed by atoms with Gasteiger partial charge >= 0.3 is 0 Å². The molecule has 0 aliphatic rings. The average Bonchev–Trinajstić information content (AvgIpc) is 2.46. The minimum absolute atomic E-state index is 0.423. The zero-order chi connectivity index (χ0) is 13.5. The van der Waals surface area contributed by atoms with Gasteiger partial charge in [-0.25, -0.2) is 0 Å². The van der Waals surface area contributed by atoms with Gasteiger partial charge < -0.3 is 11.1 Å². The van der Waals surface area contributed by atoms with Crippen molar-refractivity contribution in [1.29, 1.82) is 0 Å². The van der Waals surface area contributed by atoms with Crippen molar-refractivity contribution in [2.75, 3.05) is 12.8 Å². The second-order valence-corrected chi connectivity index (χ2v) is 4.79. The molecule has 3 N–H and O–H groups in total. The summed E-state index contributed by atoms with van der Waals surface area (Å²) in [6, 6.07) is 12.9. The highest BCUT2D eigenvalue weighted by Gasteiger charge is 2.09. The molecule has 1 unspecified atom stereocenters. The first-order chi connectivity index (χ1) is 9.29. The summed E-state index contributed by atoms with van der Waals surface area (Å²) >= 11 is 0. The van der Waals surface area contributed by atoms with Gasteiger partial charge in [0.2, 0.25) is 0 Å². The van der Waals surface area contributed by atoms with E-state index in [1.54, 1.807) is 6.20 Å². The first kappa shape index (κ1) is 13.6. The van der Waals surface area contributed by atoms with Gasteiger partial charge in [-0.05, 0) is 43.5 Å². The topological polar surface area (TPSA) is 50.9 Å². The van der Waals surface area contributed by atoms with E-state index in [1.165, 1.54) is 5.56 Å². The zero-order valence-electron chi connectivity index (χ0n) is 11.3. The van der Waals surface area contributed by atoms with Crippen LogP contribution >= 0.6 is 0 Å². The summed E-state index contributed by atoms with van der Waals surface area (Å²) < 4.78 is 0. The molecule has 3 heteroatoms. The highest BCUT2D eigenvalue weighted by molar-refractivity contribution is 5.44. The van der Waals surface area contributed by atoms with E-state index in [2.05, 4.69) is 40.6 Å². The van der Waals surface area contributed by atoms with E-state index in [4.69, 9.17) is 5.73 Å². The van der Waals surface area contributed by atoms with Crippen LogP contribution in [0.5, 0.6) is 0 Å². The zero-order valence-corrected chi connectivity index (χ0v) is 11.3. The van der Waals surface area contributed by atoms with Gasteiger partial charge in [-0.1, -0.05) is 30.3 Å². The Morgan fingerprint density at radius 1 is 1.21 bits per heavy atom. The lowest BCUT2D eigenvalue weighted by Crippen LogP contribution is -2.28. The number of aryl methyl sites for hydroxylation is 1. The maximum Gasteiger partial charge on any atom is 0.0378 e. The van der Waals surface area contributed by atoms with Crippen LogP contribution in [0.3, 0.4) is 0 Å². The monoisotopic (exact) mass is 255 g/mol. The van der Waals surface area contributed by atoms with Crippen molar-refractivity contribution in [2.45, 2.75) is 25.3 Å². The van der Waals surface area contributed by atoms with Crippen molar-refractivity contribution < 1.29 is 0 Å². The number of hydrogen-bond donors (Lipinski definition) is 2. The molecule has 0 saturated heterocycles. The summed E-state index contributed by atoms with van der Waals surface area (Å²) in [4.78, 5) is 4.14. The summed E-state index contributed by atoms with van der Waals surface area (Å²) in [7, 11) is 2.00. The van der Waals surface area contributed by atoms with Crippen LogP contribution in [0.4, 0.5) is 5.69 Å². The van der Waals surface area contributed by atoms with Gasteiger partial charge in [0.25, 0.3) is 0 Å². The molecule has 2 rings (SSSR count). The molecular weight excluding hydrogens is 234 g/mol. The molecule has 1 atom stereocenters. The molecule has 0 aliphatic carbocycles. The molecule has 3 nitrogen and oxygen atoms in total. The molecule has 0 spiro atoms. The van der Waals surface area contributed by atoms with Gasteiger partial charge in [-0.2, -0.15) is 0 Å². The predicted octanol–water partition coefficient (Wildman–Crippen LogP) is 2.43. The van der Waals surface area contributed by atoms with Crippen LogP contribution < -0.4 is 11.1 Å². The lowest BCUT2D eigenvalue weighted by molar-refractivity contribution is 0.520. The Morgan fingerprint density at radius 2 is 2.00 bits per heavy atom. The Labute approximate surface area is 114 Å². The van der Waals surface area contributed by atoms with Crippen molar-refractivity contribution in [1.82, 2.24) is 10.3 Å². The molecule has 1 aromatic heterocycles. The van der Waals surface area contributed by atoms with Crippen LogP contribution in [-0.2, 0) is 12.8 Å². The molecule has 0 amide bonds. The molecule has 19 heavy (non-hydrogen) atoms. The number of nitrogens with two attached hydrogens (primary N) is 1. The SMILES string of the molecule is CNC(CCc1ccccc1)Cc1cnccc1N. The molecule has 100 valence electrons. The van der Waals surface area contributed by atoms with Crippen molar-refractivity contribution in [3.63, 3.8) is 0 Å². The van der Waals surface area contributed by atoms with Gasteiger partial charge in [0.15, 0.2) is 0 Å². The number of likely N-dealkylation sites (N-methyl/N-ethyl adjacent to an activating group) is 1. The maximum atomic E-state index is 5.96. The van der Waals surface area contributed by atoms with Crippen LogP contribution in [0.15, 0.2) is 48.8 Å². The molecule has 0 radical (unpaired) electrons. The number of nitrogens with zero attached hydrogens (tertiary/aromatic N) is 1. The van der Waals surface area contributed by atoms with Gasteiger partial charge in [-0.3, -0.25) is 4.98 Å². The van der Waals surface area contributed by atoms with Crippen LogP contribution in [0.25, 0.3) is 0 Å². The standard InChI is InChI=1S/C16H21N3/c1-18-15(8-7-13-5-3-2-4-6-13)11-14-12-19-10-9-16(14)17/h2-6,9-10,12,15,18H,7-8,11H2,1H3,(H2,17,19). The second-order valence-electron chi connectivity index (χ2n) is 4.79. The minimum atomic E-state index is 0.423. The third-order valence-electron chi connectivity index (χ3n) is 3.44. The molecule has 0 aliphatic heterocycles. The average molecular weight is 255 g/mol. The number of anilines is 1. The van der Waals surface area contributed by atoms with E-state index >= 15 is 0 Å². The number of nitrogen functional groups attached to an aromatic ring is 1. The normalized spacial score (nSPS) is 12.3. The quantitative estimate of drug-likeness (QED) is 0.833. The Balaban J connectivity index is 1.92. The van der Waals surface area contributed by atoms with Crippen LogP contribution in [0.2, 0.25) is 0 Å².